The summed E-state index contributed by atoms with van der Waals surface area (Å²) in [6, 6.07) is 8.53. The van der Waals surface area contributed by atoms with E-state index in [0.29, 0.717) is 0 Å². The van der Waals surface area contributed by atoms with Gasteiger partial charge < -0.3 is 5.32 Å². The summed E-state index contributed by atoms with van der Waals surface area (Å²) in [5.41, 5.74) is 2.91. The molecular formula is C13H21N. The maximum Gasteiger partial charge on any atom is 0.0211 e. The lowest BCUT2D eigenvalue weighted by molar-refractivity contribution is 0.626. The van der Waals surface area contributed by atoms with E-state index in [9.17, 15) is 0 Å². The number of hydrogen-bond donors (Lipinski definition) is 1. The molecule has 0 aliphatic carbocycles. The standard InChI is InChI=1S/C8H9N.C5H12/c1-2-4-8-6-9-5-7(8)3-1;1-4-5(2)3/h1-4,9H,5-6H2;5H,4H2,1-3H3. The summed E-state index contributed by atoms with van der Waals surface area (Å²) in [7, 11) is 0. The van der Waals surface area contributed by atoms with Crippen LogP contribution in [0.2, 0.25) is 0 Å². The maximum atomic E-state index is 3.29. The van der Waals surface area contributed by atoms with E-state index in [1.54, 1.807) is 0 Å². The first-order valence-electron chi connectivity index (χ1n) is 5.51. The first-order chi connectivity index (χ1) is 6.74. The average Bonchev–Trinajstić information content (AvgIpc) is 2.66. The fourth-order valence-electron chi connectivity index (χ4n) is 1.23. The summed E-state index contributed by atoms with van der Waals surface area (Å²) in [6.45, 7) is 8.75. The van der Waals surface area contributed by atoms with Gasteiger partial charge in [0.15, 0.2) is 0 Å². The smallest absolute Gasteiger partial charge is 0.0211 e. The van der Waals surface area contributed by atoms with Crippen molar-refractivity contribution in [2.45, 2.75) is 40.3 Å². The van der Waals surface area contributed by atoms with Crippen LogP contribution in [0.5, 0.6) is 0 Å². The van der Waals surface area contributed by atoms with Crippen LogP contribution in [0, 0.1) is 5.92 Å². The minimum Gasteiger partial charge on any atom is -0.309 e. The number of benzene rings is 1. The molecule has 78 valence electrons. The highest BCUT2D eigenvalue weighted by molar-refractivity contribution is 5.29. The van der Waals surface area contributed by atoms with Gasteiger partial charge in [-0.25, -0.2) is 0 Å². The van der Waals surface area contributed by atoms with Gasteiger partial charge in [-0.1, -0.05) is 51.5 Å². The molecule has 0 unspecified atom stereocenters. The Labute approximate surface area is 87.5 Å². The van der Waals surface area contributed by atoms with Gasteiger partial charge in [-0.3, -0.25) is 0 Å². The molecule has 1 aromatic rings. The van der Waals surface area contributed by atoms with Gasteiger partial charge in [0.2, 0.25) is 0 Å². The minimum absolute atomic E-state index is 0.884. The molecule has 1 heteroatoms. The van der Waals surface area contributed by atoms with Crippen molar-refractivity contribution in [3.8, 4) is 0 Å². The summed E-state index contributed by atoms with van der Waals surface area (Å²) in [4.78, 5) is 0. The van der Waals surface area contributed by atoms with Crippen LogP contribution in [-0.2, 0) is 13.1 Å². The molecule has 0 saturated carbocycles. The van der Waals surface area contributed by atoms with Crippen molar-refractivity contribution < 1.29 is 0 Å². The van der Waals surface area contributed by atoms with Crippen LogP contribution in [0.25, 0.3) is 0 Å². The van der Waals surface area contributed by atoms with Gasteiger partial charge in [-0.2, -0.15) is 0 Å². The third-order valence-corrected chi connectivity index (χ3v) is 2.57. The largest absolute Gasteiger partial charge is 0.309 e. The molecule has 0 fully saturated rings. The molecule has 0 saturated heterocycles. The third-order valence-electron chi connectivity index (χ3n) is 2.57. The predicted octanol–water partition coefficient (Wildman–Crippen LogP) is 3.34. The molecule has 1 nitrogen and oxygen atoms in total. The topological polar surface area (TPSA) is 12.0 Å². The maximum absolute atomic E-state index is 3.29. The molecular weight excluding hydrogens is 170 g/mol. The summed E-state index contributed by atoms with van der Waals surface area (Å²) < 4.78 is 0. The molecule has 1 heterocycles. The molecule has 14 heavy (non-hydrogen) atoms. The van der Waals surface area contributed by atoms with Crippen LogP contribution in [0.4, 0.5) is 0 Å². The molecule has 0 atom stereocenters. The van der Waals surface area contributed by atoms with Gasteiger partial charge in [0.1, 0.15) is 0 Å². The Morgan fingerprint density at radius 3 is 1.93 bits per heavy atom. The van der Waals surface area contributed by atoms with Crippen LogP contribution in [0.15, 0.2) is 24.3 Å². The molecule has 1 aliphatic heterocycles. The van der Waals surface area contributed by atoms with E-state index in [2.05, 4.69) is 50.4 Å². The zero-order valence-corrected chi connectivity index (χ0v) is 9.51. The quantitative estimate of drug-likeness (QED) is 0.718. The van der Waals surface area contributed by atoms with Crippen LogP contribution in [0.1, 0.15) is 38.3 Å². The Bertz CT molecular complexity index is 243. The van der Waals surface area contributed by atoms with E-state index in [4.69, 9.17) is 0 Å². The molecule has 0 bridgehead atoms. The van der Waals surface area contributed by atoms with E-state index in [1.165, 1.54) is 17.5 Å². The SMILES string of the molecule is CCC(C)C.c1ccc2c(c1)CNC2. The Morgan fingerprint density at radius 1 is 1.14 bits per heavy atom. The van der Waals surface area contributed by atoms with Gasteiger partial charge >= 0.3 is 0 Å². The fourth-order valence-corrected chi connectivity index (χ4v) is 1.23. The second-order valence-electron chi connectivity index (χ2n) is 4.17. The second kappa shape index (κ2) is 5.82. The lowest BCUT2D eigenvalue weighted by Crippen LogP contribution is -1.99. The highest BCUT2D eigenvalue weighted by Crippen LogP contribution is 2.12. The number of rotatable bonds is 1. The predicted molar refractivity (Wildman–Crippen MR) is 62.1 cm³/mol. The highest BCUT2D eigenvalue weighted by atomic mass is 14.9. The monoisotopic (exact) mass is 191 g/mol. The summed E-state index contributed by atoms with van der Waals surface area (Å²) in [6.07, 6.45) is 1.31. The van der Waals surface area contributed by atoms with E-state index in [1.807, 2.05) is 0 Å². The van der Waals surface area contributed by atoms with Gasteiger partial charge in [0.25, 0.3) is 0 Å². The Morgan fingerprint density at radius 2 is 1.57 bits per heavy atom. The van der Waals surface area contributed by atoms with Crippen molar-refractivity contribution in [2.24, 2.45) is 5.92 Å². The fraction of sp³-hybridized carbons (Fsp3) is 0.538. The van der Waals surface area contributed by atoms with Crippen molar-refractivity contribution in [2.75, 3.05) is 0 Å². The van der Waals surface area contributed by atoms with E-state index in [0.717, 1.165) is 19.0 Å². The van der Waals surface area contributed by atoms with Crippen LogP contribution in [-0.4, -0.2) is 0 Å². The first kappa shape index (κ1) is 11.3. The molecule has 0 radical (unpaired) electrons. The second-order valence-corrected chi connectivity index (χ2v) is 4.17. The van der Waals surface area contributed by atoms with E-state index >= 15 is 0 Å². The zero-order chi connectivity index (χ0) is 10.4. The minimum atomic E-state index is 0.884. The first-order valence-corrected chi connectivity index (χ1v) is 5.51. The lowest BCUT2D eigenvalue weighted by Gasteiger charge is -1.91. The zero-order valence-electron chi connectivity index (χ0n) is 9.51. The lowest BCUT2D eigenvalue weighted by atomic mass is 10.1. The van der Waals surface area contributed by atoms with Gasteiger partial charge in [0.05, 0.1) is 0 Å². The molecule has 0 spiro atoms. The molecule has 0 aromatic heterocycles. The molecule has 1 aromatic carbocycles. The Balaban J connectivity index is 0.000000171. The van der Waals surface area contributed by atoms with Gasteiger partial charge in [-0.15, -0.1) is 0 Å². The van der Waals surface area contributed by atoms with Crippen molar-refractivity contribution >= 4 is 0 Å². The average molecular weight is 191 g/mol. The van der Waals surface area contributed by atoms with Gasteiger partial charge in [0, 0.05) is 13.1 Å². The van der Waals surface area contributed by atoms with Crippen molar-refractivity contribution in [3.63, 3.8) is 0 Å². The van der Waals surface area contributed by atoms with E-state index in [-0.39, 0.29) is 0 Å². The summed E-state index contributed by atoms with van der Waals surface area (Å²) in [5.74, 6) is 0.884. The Hall–Kier alpha value is -0.820. The van der Waals surface area contributed by atoms with Crippen molar-refractivity contribution in [3.05, 3.63) is 35.4 Å². The van der Waals surface area contributed by atoms with Crippen molar-refractivity contribution in [1.82, 2.24) is 5.32 Å². The van der Waals surface area contributed by atoms with Crippen LogP contribution in [0.3, 0.4) is 0 Å². The van der Waals surface area contributed by atoms with Crippen LogP contribution < -0.4 is 5.32 Å². The molecule has 0 amide bonds. The normalized spacial score (nSPS) is 13.4. The number of hydrogen-bond acceptors (Lipinski definition) is 1. The molecule has 1 N–H and O–H groups in total. The highest BCUT2D eigenvalue weighted by Gasteiger charge is 2.06. The number of fused-ring (bicyclic) bond motifs is 1. The molecule has 2 rings (SSSR count). The summed E-state index contributed by atoms with van der Waals surface area (Å²) >= 11 is 0. The third kappa shape index (κ3) is 3.51. The van der Waals surface area contributed by atoms with Crippen LogP contribution >= 0.6 is 0 Å². The van der Waals surface area contributed by atoms with Crippen molar-refractivity contribution in [1.29, 1.82) is 0 Å². The Kier molecular flexibility index (Phi) is 4.68. The molecule has 1 aliphatic rings. The van der Waals surface area contributed by atoms with E-state index < -0.39 is 0 Å². The van der Waals surface area contributed by atoms with Gasteiger partial charge in [-0.05, 0) is 17.0 Å². The summed E-state index contributed by atoms with van der Waals surface area (Å²) in [5, 5.41) is 3.29. The number of nitrogens with one attached hydrogen (secondary N) is 1.